The van der Waals surface area contributed by atoms with E-state index in [0.717, 1.165) is 34.2 Å². The molecule has 0 aliphatic carbocycles. The zero-order valence-electron chi connectivity index (χ0n) is 18.8. The molecule has 0 aromatic heterocycles. The fraction of sp³-hybridized carbons (Fsp3) is 0.391. The van der Waals surface area contributed by atoms with E-state index in [0.29, 0.717) is 6.54 Å². The number of nitrogens with one attached hydrogen (secondary N) is 1. The number of benzene rings is 2. The molecule has 1 unspecified atom stereocenters. The van der Waals surface area contributed by atoms with Gasteiger partial charge < -0.3 is 10.2 Å². The third kappa shape index (κ3) is 7.05. The minimum Gasteiger partial charge on any atom is -0.354 e. The van der Waals surface area contributed by atoms with E-state index < -0.39 is 34.3 Å². The number of nitrogens with zero attached hydrogens (tertiary/aromatic N) is 2. The van der Waals surface area contributed by atoms with Crippen LogP contribution in [0, 0.1) is 12.7 Å². The van der Waals surface area contributed by atoms with Crippen LogP contribution in [0.3, 0.4) is 0 Å². The molecule has 0 radical (unpaired) electrons. The highest BCUT2D eigenvalue weighted by Gasteiger charge is 2.30. The molecule has 2 amide bonds. The van der Waals surface area contributed by atoms with Gasteiger partial charge in [0.2, 0.25) is 21.8 Å². The average molecular weight is 464 g/mol. The van der Waals surface area contributed by atoms with Crippen molar-refractivity contribution in [3.05, 3.63) is 65.5 Å². The Bertz CT molecular complexity index is 1060. The molecule has 32 heavy (non-hydrogen) atoms. The Morgan fingerprint density at radius 1 is 1.12 bits per heavy atom. The first-order valence-electron chi connectivity index (χ1n) is 10.4. The third-order valence-corrected chi connectivity index (χ3v) is 6.07. The molecule has 1 atom stereocenters. The molecule has 2 aromatic rings. The minimum atomic E-state index is -3.88. The predicted octanol–water partition coefficient (Wildman–Crippen LogP) is 2.84. The maximum Gasteiger partial charge on any atom is 0.244 e. The summed E-state index contributed by atoms with van der Waals surface area (Å²) in [5, 5.41) is 2.77. The number of anilines is 1. The van der Waals surface area contributed by atoms with Gasteiger partial charge in [-0.05, 0) is 44.0 Å². The molecule has 1 N–H and O–H groups in total. The highest BCUT2D eigenvalue weighted by Crippen LogP contribution is 2.20. The fourth-order valence-corrected chi connectivity index (χ4v) is 4.07. The lowest BCUT2D eigenvalue weighted by atomic mass is 10.1. The van der Waals surface area contributed by atoms with Crippen molar-refractivity contribution in [3.8, 4) is 0 Å². The first-order chi connectivity index (χ1) is 15.0. The molecule has 2 aromatic carbocycles. The first kappa shape index (κ1) is 25.3. The van der Waals surface area contributed by atoms with Crippen LogP contribution in [0.15, 0.2) is 48.5 Å². The fourth-order valence-electron chi connectivity index (χ4n) is 3.23. The van der Waals surface area contributed by atoms with Crippen molar-refractivity contribution in [1.29, 1.82) is 0 Å². The molecule has 0 spiro atoms. The number of carbonyl (C=O) groups excluding carboxylic acids is 2. The van der Waals surface area contributed by atoms with E-state index >= 15 is 0 Å². The van der Waals surface area contributed by atoms with Gasteiger partial charge in [0.05, 0.1) is 11.9 Å². The first-order valence-corrected chi connectivity index (χ1v) is 12.2. The lowest BCUT2D eigenvalue weighted by Crippen LogP contribution is -2.51. The van der Waals surface area contributed by atoms with E-state index in [1.807, 2.05) is 38.1 Å². The molecule has 0 fully saturated rings. The van der Waals surface area contributed by atoms with E-state index in [-0.39, 0.29) is 18.1 Å². The number of aryl methyl sites for hydroxylation is 1. The van der Waals surface area contributed by atoms with Crippen LogP contribution in [0.2, 0.25) is 0 Å². The monoisotopic (exact) mass is 463 g/mol. The zero-order chi connectivity index (χ0) is 23.9. The standard InChI is InChI=1S/C23H30FN3O4S/c1-5-12-25-23(29)18(3)26(15-19-9-6-8-17(2)13-19)22(28)16-27(32(4,30)31)21-11-7-10-20(24)14-21/h6-11,13-14,18H,5,12,15-16H2,1-4H3,(H,25,29). The maximum absolute atomic E-state index is 13.7. The van der Waals surface area contributed by atoms with Crippen LogP contribution in [0.5, 0.6) is 0 Å². The minimum absolute atomic E-state index is 0.0412. The van der Waals surface area contributed by atoms with Crippen LogP contribution in [0.1, 0.15) is 31.4 Å². The summed E-state index contributed by atoms with van der Waals surface area (Å²) in [6.07, 6.45) is 1.69. The van der Waals surface area contributed by atoms with Gasteiger partial charge in [0.15, 0.2) is 0 Å². The van der Waals surface area contributed by atoms with Gasteiger partial charge in [-0.3, -0.25) is 13.9 Å². The van der Waals surface area contributed by atoms with Crippen LogP contribution in [0.25, 0.3) is 0 Å². The number of carbonyl (C=O) groups is 2. The van der Waals surface area contributed by atoms with Gasteiger partial charge in [-0.15, -0.1) is 0 Å². The average Bonchev–Trinajstić information content (AvgIpc) is 2.72. The largest absolute Gasteiger partial charge is 0.354 e. The Balaban J connectivity index is 2.37. The summed E-state index contributed by atoms with van der Waals surface area (Å²) < 4.78 is 39.4. The molecule has 7 nitrogen and oxygen atoms in total. The molecule has 0 aliphatic rings. The summed E-state index contributed by atoms with van der Waals surface area (Å²) in [7, 11) is -3.88. The molecule has 0 bridgehead atoms. The zero-order valence-corrected chi connectivity index (χ0v) is 19.7. The summed E-state index contributed by atoms with van der Waals surface area (Å²) >= 11 is 0. The Hall–Kier alpha value is -2.94. The Morgan fingerprint density at radius 2 is 1.81 bits per heavy atom. The van der Waals surface area contributed by atoms with Crippen molar-refractivity contribution in [2.24, 2.45) is 0 Å². The van der Waals surface area contributed by atoms with Crippen molar-refractivity contribution < 1.29 is 22.4 Å². The van der Waals surface area contributed by atoms with Crippen LogP contribution >= 0.6 is 0 Å². The van der Waals surface area contributed by atoms with Crippen LogP contribution < -0.4 is 9.62 Å². The second-order valence-electron chi connectivity index (χ2n) is 7.73. The normalized spacial score (nSPS) is 12.2. The Labute approximate surface area is 189 Å². The van der Waals surface area contributed by atoms with Gasteiger partial charge >= 0.3 is 0 Å². The predicted molar refractivity (Wildman–Crippen MR) is 123 cm³/mol. The SMILES string of the molecule is CCCNC(=O)C(C)N(Cc1cccc(C)c1)C(=O)CN(c1cccc(F)c1)S(C)(=O)=O. The number of sulfonamides is 1. The van der Waals surface area contributed by atoms with Crippen LogP contribution in [-0.2, 0) is 26.2 Å². The second-order valence-corrected chi connectivity index (χ2v) is 9.63. The lowest BCUT2D eigenvalue weighted by molar-refractivity contribution is -0.139. The van der Waals surface area contributed by atoms with E-state index in [1.54, 1.807) is 6.92 Å². The van der Waals surface area contributed by atoms with E-state index in [9.17, 15) is 22.4 Å². The van der Waals surface area contributed by atoms with Gasteiger partial charge in [-0.25, -0.2) is 12.8 Å². The number of hydrogen-bond acceptors (Lipinski definition) is 4. The molecule has 2 rings (SSSR count). The Kier molecular flexibility index (Phi) is 8.77. The molecule has 0 aliphatic heterocycles. The quantitative estimate of drug-likeness (QED) is 0.587. The van der Waals surface area contributed by atoms with E-state index in [4.69, 9.17) is 0 Å². The smallest absolute Gasteiger partial charge is 0.244 e. The molecule has 0 saturated carbocycles. The lowest BCUT2D eigenvalue weighted by Gasteiger charge is -2.31. The van der Waals surface area contributed by atoms with Crippen molar-refractivity contribution in [2.75, 3.05) is 23.7 Å². The highest BCUT2D eigenvalue weighted by atomic mass is 32.2. The maximum atomic E-state index is 13.7. The molecule has 0 heterocycles. The van der Waals surface area contributed by atoms with Crippen molar-refractivity contribution in [1.82, 2.24) is 10.2 Å². The van der Waals surface area contributed by atoms with Gasteiger partial charge in [-0.2, -0.15) is 0 Å². The Morgan fingerprint density at radius 3 is 2.41 bits per heavy atom. The van der Waals surface area contributed by atoms with Gasteiger partial charge in [0, 0.05) is 13.1 Å². The topological polar surface area (TPSA) is 86.8 Å². The molecular weight excluding hydrogens is 433 g/mol. The second kappa shape index (κ2) is 11.1. The van der Waals surface area contributed by atoms with Crippen LogP contribution in [0.4, 0.5) is 10.1 Å². The molecular formula is C23H30FN3O4S. The molecule has 0 saturated heterocycles. The number of hydrogen-bond donors (Lipinski definition) is 1. The van der Waals surface area contributed by atoms with Gasteiger partial charge in [0.25, 0.3) is 0 Å². The van der Waals surface area contributed by atoms with Crippen LogP contribution in [-0.4, -0.2) is 50.5 Å². The summed E-state index contributed by atoms with van der Waals surface area (Å²) in [6, 6.07) is 11.7. The van der Waals surface area contributed by atoms with E-state index in [1.165, 1.54) is 23.1 Å². The van der Waals surface area contributed by atoms with E-state index in [2.05, 4.69) is 5.32 Å². The van der Waals surface area contributed by atoms with Gasteiger partial charge in [-0.1, -0.05) is 42.8 Å². The highest BCUT2D eigenvalue weighted by molar-refractivity contribution is 7.92. The number of amides is 2. The number of halogens is 1. The molecule has 9 heteroatoms. The van der Waals surface area contributed by atoms with Crippen molar-refractivity contribution >= 4 is 27.5 Å². The summed E-state index contributed by atoms with van der Waals surface area (Å²) in [6.45, 7) is 5.48. The summed E-state index contributed by atoms with van der Waals surface area (Å²) in [5.41, 5.74) is 1.85. The third-order valence-electron chi connectivity index (χ3n) is 4.93. The summed E-state index contributed by atoms with van der Waals surface area (Å²) in [4.78, 5) is 27.3. The van der Waals surface area contributed by atoms with Gasteiger partial charge in [0.1, 0.15) is 18.4 Å². The summed E-state index contributed by atoms with van der Waals surface area (Å²) in [5.74, 6) is -1.52. The van der Waals surface area contributed by atoms with Crippen molar-refractivity contribution in [3.63, 3.8) is 0 Å². The molecule has 174 valence electrons. The number of rotatable bonds is 10. The van der Waals surface area contributed by atoms with Crippen molar-refractivity contribution in [2.45, 2.75) is 39.8 Å².